The van der Waals surface area contributed by atoms with Crippen LogP contribution in [0, 0.1) is 11.8 Å². The van der Waals surface area contributed by atoms with Crippen molar-refractivity contribution in [2.45, 2.75) is 26.8 Å². The summed E-state index contributed by atoms with van der Waals surface area (Å²) < 4.78 is 1.45. The lowest BCUT2D eigenvalue weighted by molar-refractivity contribution is -0.142. The van der Waals surface area contributed by atoms with Crippen molar-refractivity contribution >= 4 is 5.97 Å². The first-order valence-corrected chi connectivity index (χ1v) is 4.53. The third-order valence-electron chi connectivity index (χ3n) is 1.90. The molecule has 6 heteroatoms. The molecule has 0 amide bonds. The minimum absolute atomic E-state index is 0.334. The van der Waals surface area contributed by atoms with Gasteiger partial charge in [0.05, 0.1) is 12.5 Å². The highest BCUT2D eigenvalue weighted by Gasteiger charge is 2.19. The van der Waals surface area contributed by atoms with Crippen LogP contribution < -0.4 is 0 Å². The summed E-state index contributed by atoms with van der Waals surface area (Å²) >= 11 is 0. The van der Waals surface area contributed by atoms with Gasteiger partial charge in [-0.3, -0.25) is 4.79 Å². The zero-order valence-corrected chi connectivity index (χ0v) is 8.29. The molecule has 1 heterocycles. The van der Waals surface area contributed by atoms with Crippen LogP contribution in [-0.2, 0) is 11.3 Å². The topological polar surface area (TPSA) is 80.9 Å². The molecule has 1 aromatic heterocycles. The number of carboxylic acid groups (broad SMARTS) is 1. The molecule has 0 aliphatic heterocycles. The summed E-state index contributed by atoms with van der Waals surface area (Å²) in [5, 5.41) is 19.5. The third-order valence-corrected chi connectivity index (χ3v) is 1.90. The van der Waals surface area contributed by atoms with Gasteiger partial charge >= 0.3 is 5.97 Å². The van der Waals surface area contributed by atoms with Gasteiger partial charge < -0.3 is 5.11 Å². The Balaban J connectivity index is 2.56. The lowest BCUT2D eigenvalue weighted by atomic mass is 9.97. The van der Waals surface area contributed by atoms with Crippen LogP contribution in [0.15, 0.2) is 6.33 Å². The van der Waals surface area contributed by atoms with Gasteiger partial charge in [0.2, 0.25) is 0 Å². The molecular weight excluding hydrogens is 184 g/mol. The van der Waals surface area contributed by atoms with E-state index in [-0.39, 0.29) is 0 Å². The number of carboxylic acids is 1. The minimum atomic E-state index is -0.797. The highest BCUT2D eigenvalue weighted by atomic mass is 16.4. The summed E-state index contributed by atoms with van der Waals surface area (Å²) in [6.07, 6.45) is 2.06. The fraction of sp³-hybridized carbons (Fsp3) is 0.750. The van der Waals surface area contributed by atoms with E-state index in [9.17, 15) is 4.79 Å². The fourth-order valence-corrected chi connectivity index (χ4v) is 1.31. The van der Waals surface area contributed by atoms with Crippen molar-refractivity contribution < 1.29 is 9.90 Å². The van der Waals surface area contributed by atoms with Crippen molar-refractivity contribution in [3.63, 3.8) is 0 Å². The molecule has 0 bridgehead atoms. The normalized spacial score (nSPS) is 13.1. The van der Waals surface area contributed by atoms with Gasteiger partial charge in [-0.15, -0.1) is 5.10 Å². The highest BCUT2D eigenvalue weighted by Crippen LogP contribution is 2.13. The zero-order chi connectivity index (χ0) is 10.6. The van der Waals surface area contributed by atoms with Crippen molar-refractivity contribution in [1.82, 2.24) is 20.2 Å². The second-order valence-corrected chi connectivity index (χ2v) is 3.70. The van der Waals surface area contributed by atoms with Gasteiger partial charge in [-0.05, 0) is 22.8 Å². The standard InChI is InChI=1S/C8H14N4O2/c1-6(2)3-7(8(13)14)4-12-5-9-10-11-12/h5-7H,3-4H2,1-2H3,(H,13,14). The molecule has 1 atom stereocenters. The number of hydrogen-bond donors (Lipinski definition) is 1. The van der Waals surface area contributed by atoms with E-state index in [1.165, 1.54) is 11.0 Å². The molecule has 0 radical (unpaired) electrons. The Morgan fingerprint density at radius 2 is 2.29 bits per heavy atom. The first kappa shape index (κ1) is 10.6. The number of rotatable bonds is 5. The first-order chi connectivity index (χ1) is 6.59. The van der Waals surface area contributed by atoms with Crippen LogP contribution in [0.5, 0.6) is 0 Å². The Kier molecular flexibility index (Phi) is 3.55. The van der Waals surface area contributed by atoms with Gasteiger partial charge in [0.15, 0.2) is 0 Å². The van der Waals surface area contributed by atoms with Crippen LogP contribution in [-0.4, -0.2) is 31.3 Å². The van der Waals surface area contributed by atoms with Crippen LogP contribution in [0.4, 0.5) is 0 Å². The van der Waals surface area contributed by atoms with Crippen molar-refractivity contribution in [2.24, 2.45) is 11.8 Å². The van der Waals surface area contributed by atoms with Crippen LogP contribution in [0.25, 0.3) is 0 Å². The molecule has 0 aliphatic rings. The van der Waals surface area contributed by atoms with Gasteiger partial charge in [0, 0.05) is 0 Å². The van der Waals surface area contributed by atoms with Crippen molar-refractivity contribution in [1.29, 1.82) is 0 Å². The maximum Gasteiger partial charge on any atom is 0.308 e. The average molecular weight is 198 g/mol. The Labute approximate surface area is 81.9 Å². The summed E-state index contributed by atoms with van der Waals surface area (Å²) in [5.41, 5.74) is 0. The number of aliphatic carboxylic acids is 1. The summed E-state index contributed by atoms with van der Waals surface area (Å²) in [6.45, 7) is 4.32. The molecule has 14 heavy (non-hydrogen) atoms. The van der Waals surface area contributed by atoms with Crippen LogP contribution in [0.2, 0.25) is 0 Å². The van der Waals surface area contributed by atoms with Gasteiger partial charge in [-0.2, -0.15) is 0 Å². The molecule has 0 saturated heterocycles. The highest BCUT2D eigenvalue weighted by molar-refractivity contribution is 5.69. The van der Waals surface area contributed by atoms with E-state index in [1.807, 2.05) is 13.8 Å². The van der Waals surface area contributed by atoms with E-state index < -0.39 is 11.9 Å². The zero-order valence-electron chi connectivity index (χ0n) is 8.29. The van der Waals surface area contributed by atoms with E-state index in [4.69, 9.17) is 5.11 Å². The molecule has 0 aliphatic carbocycles. The predicted molar refractivity (Wildman–Crippen MR) is 48.4 cm³/mol. The molecule has 0 fully saturated rings. The van der Waals surface area contributed by atoms with Crippen LogP contribution in [0.1, 0.15) is 20.3 Å². The molecule has 0 saturated carbocycles. The minimum Gasteiger partial charge on any atom is -0.481 e. The van der Waals surface area contributed by atoms with Gasteiger partial charge in [0.1, 0.15) is 6.33 Å². The van der Waals surface area contributed by atoms with E-state index in [0.717, 1.165) is 0 Å². The van der Waals surface area contributed by atoms with E-state index in [2.05, 4.69) is 15.5 Å². The Hall–Kier alpha value is -1.46. The number of tetrazole rings is 1. The molecule has 1 unspecified atom stereocenters. The van der Waals surface area contributed by atoms with Gasteiger partial charge in [0.25, 0.3) is 0 Å². The van der Waals surface area contributed by atoms with Gasteiger partial charge in [-0.1, -0.05) is 13.8 Å². The Morgan fingerprint density at radius 1 is 1.57 bits per heavy atom. The molecule has 1 rings (SSSR count). The SMILES string of the molecule is CC(C)CC(Cn1cnnn1)C(=O)O. The lowest BCUT2D eigenvalue weighted by Crippen LogP contribution is -2.22. The van der Waals surface area contributed by atoms with Crippen LogP contribution in [0.3, 0.4) is 0 Å². The maximum atomic E-state index is 10.9. The van der Waals surface area contributed by atoms with E-state index >= 15 is 0 Å². The first-order valence-electron chi connectivity index (χ1n) is 4.53. The van der Waals surface area contributed by atoms with E-state index in [1.54, 1.807) is 0 Å². The predicted octanol–water partition coefficient (Wildman–Crippen LogP) is 0.420. The molecule has 0 aromatic carbocycles. The van der Waals surface area contributed by atoms with E-state index in [0.29, 0.717) is 18.9 Å². The third kappa shape index (κ3) is 3.12. The molecule has 1 N–H and O–H groups in total. The molecule has 1 aromatic rings. The maximum absolute atomic E-state index is 10.9. The molecule has 6 nitrogen and oxygen atoms in total. The molecular formula is C8H14N4O2. The second kappa shape index (κ2) is 4.69. The largest absolute Gasteiger partial charge is 0.481 e. The smallest absolute Gasteiger partial charge is 0.308 e. The summed E-state index contributed by atoms with van der Waals surface area (Å²) in [7, 11) is 0. The Bertz CT molecular complexity index is 284. The number of nitrogens with zero attached hydrogens (tertiary/aromatic N) is 4. The summed E-state index contributed by atoms with van der Waals surface area (Å²) in [5.74, 6) is -0.861. The number of carbonyl (C=O) groups is 1. The second-order valence-electron chi connectivity index (χ2n) is 3.70. The number of aromatic nitrogens is 4. The molecule has 0 spiro atoms. The number of hydrogen-bond acceptors (Lipinski definition) is 4. The average Bonchev–Trinajstić information content (AvgIpc) is 2.54. The van der Waals surface area contributed by atoms with Crippen molar-refractivity contribution in [3.8, 4) is 0 Å². The van der Waals surface area contributed by atoms with Crippen molar-refractivity contribution in [2.75, 3.05) is 0 Å². The van der Waals surface area contributed by atoms with Crippen LogP contribution >= 0.6 is 0 Å². The van der Waals surface area contributed by atoms with Gasteiger partial charge in [-0.25, -0.2) is 4.68 Å². The molecule has 78 valence electrons. The summed E-state index contributed by atoms with van der Waals surface area (Å²) in [4.78, 5) is 10.9. The Morgan fingerprint density at radius 3 is 2.71 bits per heavy atom. The lowest BCUT2D eigenvalue weighted by Gasteiger charge is -2.13. The quantitative estimate of drug-likeness (QED) is 0.741. The van der Waals surface area contributed by atoms with Crippen molar-refractivity contribution in [3.05, 3.63) is 6.33 Å². The monoisotopic (exact) mass is 198 g/mol. The fourth-order valence-electron chi connectivity index (χ4n) is 1.31. The summed E-state index contributed by atoms with van der Waals surface area (Å²) in [6, 6.07) is 0.